The van der Waals surface area contributed by atoms with Crippen LogP contribution in [0.5, 0.6) is 11.5 Å². The Morgan fingerprint density at radius 3 is 2.69 bits per heavy atom. The van der Waals surface area contributed by atoms with Crippen LogP contribution in [-0.2, 0) is 11.2 Å². The smallest absolute Gasteiger partial charge is 0.303 e. The molecular formula is C10H8B2O4. The van der Waals surface area contributed by atoms with Crippen LogP contribution in [0.25, 0.3) is 0 Å². The van der Waals surface area contributed by atoms with Crippen molar-refractivity contribution in [1.82, 2.24) is 0 Å². The molecule has 1 heterocycles. The molecule has 1 aromatic carbocycles. The van der Waals surface area contributed by atoms with Gasteiger partial charge >= 0.3 is 5.97 Å². The minimum absolute atomic E-state index is 0.0655. The normalized spacial score (nSPS) is 16.0. The molecule has 0 aromatic heterocycles. The molecular weight excluding hydrogens is 206 g/mol. The number of hydrogen-bond acceptors (Lipinski definition) is 3. The van der Waals surface area contributed by atoms with E-state index in [1.54, 1.807) is 18.2 Å². The van der Waals surface area contributed by atoms with Crippen molar-refractivity contribution in [3.63, 3.8) is 0 Å². The molecule has 6 heteroatoms. The van der Waals surface area contributed by atoms with Crippen LogP contribution in [0.2, 0.25) is 0 Å². The number of carbonyl (C=O) groups is 1. The Kier molecular flexibility index (Phi) is 2.58. The van der Waals surface area contributed by atoms with E-state index in [0.717, 1.165) is 5.56 Å². The zero-order chi connectivity index (χ0) is 11.8. The molecule has 0 unspecified atom stereocenters. The molecule has 0 aliphatic carbocycles. The molecule has 1 aromatic rings. The second kappa shape index (κ2) is 3.77. The first-order chi connectivity index (χ1) is 7.46. The second-order valence-corrected chi connectivity index (χ2v) is 3.60. The molecule has 0 saturated carbocycles. The fraction of sp³-hybridized carbons (Fsp3) is 0.300. The Labute approximate surface area is 95.4 Å². The lowest BCUT2D eigenvalue weighted by molar-refractivity contribution is -0.136. The first kappa shape index (κ1) is 10.9. The van der Waals surface area contributed by atoms with E-state index in [2.05, 4.69) is 0 Å². The SMILES string of the molecule is [B]C1([B])Oc2ccc(CCC(=O)O)cc2O1. The van der Waals surface area contributed by atoms with Crippen LogP contribution < -0.4 is 9.47 Å². The van der Waals surface area contributed by atoms with Crippen molar-refractivity contribution in [2.24, 2.45) is 0 Å². The van der Waals surface area contributed by atoms with Crippen molar-refractivity contribution in [3.8, 4) is 11.5 Å². The molecule has 4 nitrogen and oxygen atoms in total. The Balaban J connectivity index is 2.13. The minimum Gasteiger partial charge on any atom is -0.481 e. The number of hydrogen-bond donors (Lipinski definition) is 1. The third kappa shape index (κ3) is 2.32. The van der Waals surface area contributed by atoms with Crippen molar-refractivity contribution in [2.45, 2.75) is 18.4 Å². The van der Waals surface area contributed by atoms with Gasteiger partial charge in [0.05, 0.1) is 0 Å². The Morgan fingerprint density at radius 1 is 1.31 bits per heavy atom. The third-order valence-electron chi connectivity index (χ3n) is 2.17. The van der Waals surface area contributed by atoms with Gasteiger partial charge in [0.15, 0.2) is 32.8 Å². The number of ether oxygens (including phenoxy) is 2. The summed E-state index contributed by atoms with van der Waals surface area (Å²) >= 11 is 0. The van der Waals surface area contributed by atoms with Crippen LogP contribution in [-0.4, -0.2) is 32.4 Å². The summed E-state index contributed by atoms with van der Waals surface area (Å²) < 4.78 is 10.2. The maximum atomic E-state index is 10.4. The van der Waals surface area contributed by atoms with E-state index in [1.807, 2.05) is 0 Å². The predicted molar refractivity (Wildman–Crippen MR) is 57.9 cm³/mol. The molecule has 0 bridgehead atoms. The maximum Gasteiger partial charge on any atom is 0.303 e. The molecule has 16 heavy (non-hydrogen) atoms. The minimum atomic E-state index is -1.63. The Hall–Kier alpha value is -1.58. The van der Waals surface area contributed by atoms with Crippen LogP contribution in [0.3, 0.4) is 0 Å². The number of aliphatic carboxylic acids is 1. The molecule has 1 aliphatic rings. The van der Waals surface area contributed by atoms with Gasteiger partial charge in [-0.15, -0.1) is 0 Å². The van der Waals surface area contributed by atoms with Crippen molar-refractivity contribution in [2.75, 3.05) is 0 Å². The van der Waals surface area contributed by atoms with Crippen LogP contribution in [0, 0.1) is 0 Å². The summed E-state index contributed by atoms with van der Waals surface area (Å²) in [6, 6.07) is 5.10. The van der Waals surface area contributed by atoms with Crippen molar-refractivity contribution >= 4 is 21.7 Å². The van der Waals surface area contributed by atoms with Gasteiger partial charge in [-0.25, -0.2) is 0 Å². The number of fused-ring (bicyclic) bond motifs is 1. The zero-order valence-electron chi connectivity index (χ0n) is 8.47. The molecule has 0 saturated heterocycles. The quantitative estimate of drug-likeness (QED) is 0.740. The van der Waals surface area contributed by atoms with E-state index in [0.29, 0.717) is 17.9 Å². The van der Waals surface area contributed by atoms with Crippen LogP contribution in [0.4, 0.5) is 0 Å². The lowest BCUT2D eigenvalue weighted by Gasteiger charge is -2.18. The van der Waals surface area contributed by atoms with Gasteiger partial charge < -0.3 is 14.6 Å². The summed E-state index contributed by atoms with van der Waals surface area (Å²) in [5, 5.41) is 8.56. The van der Waals surface area contributed by atoms with Crippen LogP contribution in [0.15, 0.2) is 18.2 Å². The van der Waals surface area contributed by atoms with Crippen LogP contribution >= 0.6 is 0 Å². The highest BCUT2D eigenvalue weighted by molar-refractivity contribution is 6.38. The van der Waals surface area contributed by atoms with Gasteiger partial charge in [-0.05, 0) is 24.1 Å². The fourth-order valence-corrected chi connectivity index (χ4v) is 1.49. The van der Waals surface area contributed by atoms with E-state index in [-0.39, 0.29) is 6.42 Å². The number of aryl methyl sites for hydroxylation is 1. The summed E-state index contributed by atoms with van der Waals surface area (Å²) in [5.74, 6) is 0.0571. The topological polar surface area (TPSA) is 55.8 Å². The molecule has 2 rings (SSSR count). The average Bonchev–Trinajstić information content (AvgIpc) is 2.47. The maximum absolute atomic E-state index is 10.4. The molecule has 1 aliphatic heterocycles. The van der Waals surface area contributed by atoms with E-state index in [4.69, 9.17) is 30.3 Å². The van der Waals surface area contributed by atoms with Gasteiger partial charge in [-0.3, -0.25) is 4.79 Å². The van der Waals surface area contributed by atoms with E-state index >= 15 is 0 Å². The van der Waals surface area contributed by atoms with Crippen molar-refractivity contribution in [3.05, 3.63) is 23.8 Å². The van der Waals surface area contributed by atoms with Crippen LogP contribution in [0.1, 0.15) is 12.0 Å². The number of rotatable bonds is 3. The molecule has 0 fully saturated rings. The lowest BCUT2D eigenvalue weighted by atomic mass is 9.76. The van der Waals surface area contributed by atoms with E-state index in [9.17, 15) is 4.79 Å². The molecule has 0 amide bonds. The highest BCUT2D eigenvalue weighted by atomic mass is 16.7. The highest BCUT2D eigenvalue weighted by Crippen LogP contribution is 2.37. The summed E-state index contributed by atoms with van der Waals surface area (Å²) in [4.78, 5) is 10.4. The monoisotopic (exact) mass is 214 g/mol. The largest absolute Gasteiger partial charge is 0.481 e. The summed E-state index contributed by atoms with van der Waals surface area (Å²) in [6.45, 7) is 0. The highest BCUT2D eigenvalue weighted by Gasteiger charge is 2.30. The summed E-state index contributed by atoms with van der Waals surface area (Å²) in [5.41, 5.74) is -0.796. The zero-order valence-corrected chi connectivity index (χ0v) is 8.47. The van der Waals surface area contributed by atoms with E-state index in [1.165, 1.54) is 0 Å². The number of benzene rings is 1. The standard InChI is InChI=1S/C10H8B2O4/c11-10(12)15-7-3-1-6(2-4-9(13)14)5-8(7)16-10/h1,3,5H,2,4H2,(H,13,14). The van der Waals surface area contributed by atoms with Crippen molar-refractivity contribution < 1.29 is 19.4 Å². The van der Waals surface area contributed by atoms with Gasteiger partial charge in [0.25, 0.3) is 0 Å². The first-order valence-electron chi connectivity index (χ1n) is 4.77. The van der Waals surface area contributed by atoms with E-state index < -0.39 is 11.6 Å². The van der Waals surface area contributed by atoms with Gasteiger partial charge in [-0.2, -0.15) is 0 Å². The number of carboxylic acids is 1. The summed E-state index contributed by atoms with van der Waals surface area (Å²) in [7, 11) is 10.9. The first-order valence-corrected chi connectivity index (χ1v) is 4.77. The lowest BCUT2D eigenvalue weighted by Crippen LogP contribution is -2.39. The van der Waals surface area contributed by atoms with Gasteiger partial charge in [0, 0.05) is 6.42 Å². The predicted octanol–water partition coefficient (Wildman–Crippen LogP) is 0.423. The fourth-order valence-electron chi connectivity index (χ4n) is 1.49. The number of carboxylic acid groups (broad SMARTS) is 1. The average molecular weight is 214 g/mol. The molecule has 4 radical (unpaired) electrons. The molecule has 1 N–H and O–H groups in total. The molecule has 0 atom stereocenters. The Bertz CT molecular complexity index is 431. The molecule has 78 valence electrons. The van der Waals surface area contributed by atoms with Gasteiger partial charge in [0.1, 0.15) is 0 Å². The van der Waals surface area contributed by atoms with Gasteiger partial charge in [0.2, 0.25) is 0 Å². The Morgan fingerprint density at radius 2 is 2.00 bits per heavy atom. The second-order valence-electron chi connectivity index (χ2n) is 3.60. The summed E-state index contributed by atoms with van der Waals surface area (Å²) in [6.07, 6.45) is 0.490. The van der Waals surface area contributed by atoms with Gasteiger partial charge in [-0.1, -0.05) is 6.07 Å². The molecule has 0 spiro atoms. The third-order valence-corrected chi connectivity index (χ3v) is 2.17. The van der Waals surface area contributed by atoms with Crippen molar-refractivity contribution in [1.29, 1.82) is 0 Å².